The topological polar surface area (TPSA) is 64.4 Å². The van der Waals surface area contributed by atoms with Gasteiger partial charge in [-0.05, 0) is 38.0 Å². The predicted octanol–water partition coefficient (Wildman–Crippen LogP) is 1.40. The number of amides is 1. The number of fused-ring (bicyclic) bond motifs is 1. The maximum absolute atomic E-state index is 12.5. The van der Waals surface area contributed by atoms with Gasteiger partial charge in [-0.1, -0.05) is 12.1 Å². The highest BCUT2D eigenvalue weighted by atomic mass is 16.5. The van der Waals surface area contributed by atoms with Crippen molar-refractivity contribution in [1.82, 2.24) is 14.5 Å². The molecule has 1 aromatic heterocycles. The van der Waals surface area contributed by atoms with Gasteiger partial charge in [-0.2, -0.15) is 0 Å². The molecule has 25 heavy (non-hydrogen) atoms. The Balaban J connectivity index is 1.66. The number of carbonyl (C=O) groups excluding carboxylic acids is 1. The van der Waals surface area contributed by atoms with Crippen LogP contribution in [0.15, 0.2) is 29.1 Å². The Labute approximate surface area is 147 Å². The van der Waals surface area contributed by atoms with Crippen molar-refractivity contribution in [3.05, 3.63) is 57.3 Å². The van der Waals surface area contributed by atoms with E-state index in [0.29, 0.717) is 37.5 Å². The van der Waals surface area contributed by atoms with Crippen LogP contribution in [0.1, 0.15) is 22.6 Å². The Morgan fingerprint density at radius 2 is 2.00 bits per heavy atom. The first-order valence-electron chi connectivity index (χ1n) is 8.48. The zero-order valence-corrected chi connectivity index (χ0v) is 14.9. The Morgan fingerprint density at radius 1 is 1.24 bits per heavy atom. The van der Waals surface area contributed by atoms with Crippen LogP contribution in [0, 0.1) is 13.8 Å². The van der Waals surface area contributed by atoms with Crippen molar-refractivity contribution in [2.45, 2.75) is 26.7 Å². The molecule has 0 saturated heterocycles. The minimum absolute atomic E-state index is 0.00423. The summed E-state index contributed by atoms with van der Waals surface area (Å²) in [5.74, 6) is 1.33. The number of carbonyl (C=O) groups is 1. The molecule has 1 aromatic carbocycles. The molecule has 1 amide bonds. The fourth-order valence-electron chi connectivity index (χ4n) is 3.06. The van der Waals surface area contributed by atoms with Crippen LogP contribution in [0.4, 0.5) is 0 Å². The van der Waals surface area contributed by atoms with Crippen LogP contribution in [0.2, 0.25) is 0 Å². The second-order valence-electron chi connectivity index (χ2n) is 6.43. The van der Waals surface area contributed by atoms with Crippen molar-refractivity contribution in [2.75, 3.05) is 19.7 Å². The zero-order valence-electron chi connectivity index (χ0n) is 14.9. The van der Waals surface area contributed by atoms with Gasteiger partial charge in [0, 0.05) is 32.1 Å². The Kier molecular flexibility index (Phi) is 4.88. The molecule has 3 rings (SSSR count). The van der Waals surface area contributed by atoms with E-state index in [0.717, 1.165) is 16.8 Å². The average molecular weight is 341 g/mol. The van der Waals surface area contributed by atoms with Crippen molar-refractivity contribution in [2.24, 2.45) is 7.05 Å². The number of hydrogen-bond acceptors (Lipinski definition) is 4. The summed E-state index contributed by atoms with van der Waals surface area (Å²) in [6.07, 6.45) is 1.13. The highest BCUT2D eigenvalue weighted by Gasteiger charge is 2.22. The lowest BCUT2D eigenvalue weighted by Crippen LogP contribution is -2.37. The van der Waals surface area contributed by atoms with E-state index in [1.54, 1.807) is 16.5 Å². The SMILES string of the molecule is Cc1cccc(OCC(=O)N2CCc3nc(C)n(C)c(=O)c3CC2)c1. The molecule has 0 bridgehead atoms. The summed E-state index contributed by atoms with van der Waals surface area (Å²) in [6, 6.07) is 7.63. The summed E-state index contributed by atoms with van der Waals surface area (Å²) in [6.45, 7) is 4.89. The van der Waals surface area contributed by atoms with Crippen molar-refractivity contribution >= 4 is 5.91 Å². The van der Waals surface area contributed by atoms with Gasteiger partial charge >= 0.3 is 0 Å². The number of aryl methyl sites for hydroxylation is 2. The van der Waals surface area contributed by atoms with E-state index in [4.69, 9.17) is 4.74 Å². The summed E-state index contributed by atoms with van der Waals surface area (Å²) in [5.41, 5.74) is 2.62. The number of benzene rings is 1. The van der Waals surface area contributed by atoms with Gasteiger partial charge in [0.1, 0.15) is 11.6 Å². The molecule has 0 saturated carbocycles. The maximum Gasteiger partial charge on any atom is 0.260 e. The van der Waals surface area contributed by atoms with Gasteiger partial charge in [-0.25, -0.2) is 4.98 Å². The van der Waals surface area contributed by atoms with Gasteiger partial charge in [-0.3, -0.25) is 14.2 Å². The van der Waals surface area contributed by atoms with E-state index < -0.39 is 0 Å². The molecule has 1 aliphatic rings. The van der Waals surface area contributed by atoms with Crippen LogP contribution in [0.5, 0.6) is 5.75 Å². The van der Waals surface area contributed by atoms with Crippen molar-refractivity contribution in [3.63, 3.8) is 0 Å². The number of rotatable bonds is 3. The van der Waals surface area contributed by atoms with Crippen LogP contribution in [0.25, 0.3) is 0 Å². The molecule has 0 fully saturated rings. The van der Waals surface area contributed by atoms with E-state index in [-0.39, 0.29) is 18.1 Å². The molecule has 6 heteroatoms. The van der Waals surface area contributed by atoms with E-state index >= 15 is 0 Å². The zero-order chi connectivity index (χ0) is 18.0. The Bertz CT molecular complexity index is 857. The predicted molar refractivity (Wildman–Crippen MR) is 94.9 cm³/mol. The van der Waals surface area contributed by atoms with Gasteiger partial charge in [0.05, 0.1) is 5.69 Å². The molecule has 0 aliphatic carbocycles. The number of aromatic nitrogens is 2. The largest absolute Gasteiger partial charge is 0.484 e. The molecule has 0 radical (unpaired) electrons. The van der Waals surface area contributed by atoms with Crippen molar-refractivity contribution in [3.8, 4) is 5.75 Å². The molecule has 2 aromatic rings. The minimum Gasteiger partial charge on any atom is -0.484 e. The molecule has 6 nitrogen and oxygen atoms in total. The molecule has 0 atom stereocenters. The monoisotopic (exact) mass is 341 g/mol. The van der Waals surface area contributed by atoms with Gasteiger partial charge < -0.3 is 9.64 Å². The summed E-state index contributed by atoms with van der Waals surface area (Å²) in [5, 5.41) is 0. The smallest absolute Gasteiger partial charge is 0.260 e. The first-order valence-corrected chi connectivity index (χ1v) is 8.48. The number of nitrogens with zero attached hydrogens (tertiary/aromatic N) is 3. The van der Waals surface area contributed by atoms with Gasteiger partial charge in [-0.15, -0.1) is 0 Å². The minimum atomic E-state index is -0.0668. The number of ether oxygens (including phenoxy) is 1. The molecule has 1 aliphatic heterocycles. The number of hydrogen-bond donors (Lipinski definition) is 0. The molecule has 0 N–H and O–H groups in total. The molecule has 2 heterocycles. The quantitative estimate of drug-likeness (QED) is 0.847. The van der Waals surface area contributed by atoms with Crippen molar-refractivity contribution < 1.29 is 9.53 Å². The van der Waals surface area contributed by atoms with Crippen LogP contribution in [-0.4, -0.2) is 40.1 Å². The molecule has 132 valence electrons. The summed E-state index contributed by atoms with van der Waals surface area (Å²) in [4.78, 5) is 31.2. The third kappa shape index (κ3) is 3.73. The molecule has 0 unspecified atom stereocenters. The normalized spacial score (nSPS) is 14.0. The summed E-state index contributed by atoms with van der Waals surface area (Å²) in [7, 11) is 1.73. The first-order chi connectivity index (χ1) is 12.0. The van der Waals surface area contributed by atoms with E-state index in [2.05, 4.69) is 4.98 Å². The standard InChI is InChI=1S/C19H23N3O3/c1-13-5-4-6-15(11-13)25-12-18(23)22-9-7-16-17(8-10-22)20-14(2)21(3)19(16)24/h4-6,11H,7-10,12H2,1-3H3. The average Bonchev–Trinajstić information content (AvgIpc) is 2.80. The highest BCUT2D eigenvalue weighted by molar-refractivity contribution is 5.77. The van der Waals surface area contributed by atoms with E-state index in [9.17, 15) is 9.59 Å². The Morgan fingerprint density at radius 3 is 2.76 bits per heavy atom. The van der Waals surface area contributed by atoms with Crippen LogP contribution >= 0.6 is 0 Å². The first kappa shape index (κ1) is 17.2. The van der Waals surface area contributed by atoms with Crippen LogP contribution < -0.4 is 10.3 Å². The van der Waals surface area contributed by atoms with Gasteiger partial charge in [0.15, 0.2) is 6.61 Å². The lowest BCUT2D eigenvalue weighted by Gasteiger charge is -2.20. The van der Waals surface area contributed by atoms with Gasteiger partial charge in [0.2, 0.25) is 0 Å². The molecular weight excluding hydrogens is 318 g/mol. The third-order valence-corrected chi connectivity index (χ3v) is 4.65. The van der Waals surface area contributed by atoms with E-state index in [1.165, 1.54) is 0 Å². The second-order valence-corrected chi connectivity index (χ2v) is 6.43. The lowest BCUT2D eigenvalue weighted by molar-refractivity contribution is -0.133. The highest BCUT2D eigenvalue weighted by Crippen LogP contribution is 2.14. The summed E-state index contributed by atoms with van der Waals surface area (Å²) < 4.78 is 7.18. The second kappa shape index (κ2) is 7.09. The molecular formula is C19H23N3O3. The third-order valence-electron chi connectivity index (χ3n) is 4.65. The summed E-state index contributed by atoms with van der Waals surface area (Å²) >= 11 is 0. The maximum atomic E-state index is 12.5. The van der Waals surface area contributed by atoms with Crippen molar-refractivity contribution in [1.29, 1.82) is 0 Å². The van der Waals surface area contributed by atoms with E-state index in [1.807, 2.05) is 38.1 Å². The van der Waals surface area contributed by atoms with Crippen LogP contribution in [0.3, 0.4) is 0 Å². The Hall–Kier alpha value is -2.63. The fourth-order valence-corrected chi connectivity index (χ4v) is 3.06. The molecule has 0 spiro atoms. The van der Waals surface area contributed by atoms with Crippen LogP contribution in [-0.2, 0) is 24.7 Å². The van der Waals surface area contributed by atoms with Gasteiger partial charge in [0.25, 0.3) is 11.5 Å². The lowest BCUT2D eigenvalue weighted by atomic mass is 10.1. The fraction of sp³-hybridized carbons (Fsp3) is 0.421.